The van der Waals surface area contributed by atoms with E-state index < -0.39 is 0 Å². The summed E-state index contributed by atoms with van der Waals surface area (Å²) in [6, 6.07) is 14.5. The third-order valence-corrected chi connectivity index (χ3v) is 6.30. The summed E-state index contributed by atoms with van der Waals surface area (Å²) in [6.07, 6.45) is 1.58. The van der Waals surface area contributed by atoms with Gasteiger partial charge in [-0.05, 0) is 47.7 Å². The van der Waals surface area contributed by atoms with E-state index in [9.17, 15) is 9.18 Å². The van der Waals surface area contributed by atoms with Crippen molar-refractivity contribution in [3.63, 3.8) is 0 Å². The summed E-state index contributed by atoms with van der Waals surface area (Å²) in [5.41, 5.74) is 3.87. The van der Waals surface area contributed by atoms with Crippen molar-refractivity contribution >= 4 is 17.4 Å². The fourth-order valence-electron chi connectivity index (χ4n) is 3.40. The molecule has 0 N–H and O–H groups in total. The standard InChI is InChI=1S/C22H24FN5OS/c1-16-14-30-22(26(16)12-18-5-4-6-20(11-18)25(2)3)27-15-24-28(21(27)29)13-17-7-9-19(23)10-8-17/h4-11,14-15,22H,12-13H2,1-3H3. The Hall–Kier alpha value is -3.00. The zero-order valence-corrected chi connectivity index (χ0v) is 18.0. The Bertz CT molecular complexity index is 1120. The Morgan fingerprint density at radius 1 is 1.10 bits per heavy atom. The molecule has 3 aromatic rings. The summed E-state index contributed by atoms with van der Waals surface area (Å²) in [6.45, 7) is 3.05. The summed E-state index contributed by atoms with van der Waals surface area (Å²) in [7, 11) is 4.04. The number of hydrogen-bond donors (Lipinski definition) is 0. The quantitative estimate of drug-likeness (QED) is 0.600. The van der Waals surface area contributed by atoms with Gasteiger partial charge in [0.05, 0.1) is 6.54 Å². The van der Waals surface area contributed by atoms with Crippen molar-refractivity contribution in [3.05, 3.63) is 93.4 Å². The molecule has 0 aliphatic carbocycles. The van der Waals surface area contributed by atoms with E-state index in [1.54, 1.807) is 34.8 Å². The molecule has 1 unspecified atom stereocenters. The number of hydrogen-bond acceptors (Lipinski definition) is 5. The number of allylic oxidation sites excluding steroid dienone is 1. The molecule has 0 amide bonds. The zero-order chi connectivity index (χ0) is 21.3. The average molecular weight is 426 g/mol. The lowest BCUT2D eigenvalue weighted by atomic mass is 10.2. The van der Waals surface area contributed by atoms with Gasteiger partial charge in [-0.25, -0.2) is 13.9 Å². The van der Waals surface area contributed by atoms with Gasteiger partial charge in [0.2, 0.25) is 0 Å². The van der Waals surface area contributed by atoms with Crippen LogP contribution in [-0.2, 0) is 13.1 Å². The van der Waals surface area contributed by atoms with Gasteiger partial charge in [0, 0.05) is 32.0 Å². The Kier molecular flexibility index (Phi) is 5.67. The number of thioether (sulfide) groups is 1. The lowest BCUT2D eigenvalue weighted by Crippen LogP contribution is -2.33. The first-order valence-corrected chi connectivity index (χ1v) is 10.6. The first-order valence-electron chi connectivity index (χ1n) is 9.66. The molecule has 0 radical (unpaired) electrons. The molecule has 0 spiro atoms. The van der Waals surface area contributed by atoms with Gasteiger partial charge in [-0.1, -0.05) is 36.0 Å². The molecule has 2 heterocycles. The molecule has 6 nitrogen and oxygen atoms in total. The highest BCUT2D eigenvalue weighted by atomic mass is 32.2. The molecule has 30 heavy (non-hydrogen) atoms. The fourth-order valence-corrected chi connectivity index (χ4v) is 4.51. The summed E-state index contributed by atoms with van der Waals surface area (Å²) >= 11 is 1.59. The molecule has 0 fully saturated rings. The first kappa shape index (κ1) is 20.3. The van der Waals surface area contributed by atoms with Crippen LogP contribution in [-0.4, -0.2) is 33.3 Å². The number of rotatable bonds is 6. The second kappa shape index (κ2) is 8.39. The van der Waals surface area contributed by atoms with Crippen LogP contribution in [0.15, 0.2) is 70.8 Å². The van der Waals surface area contributed by atoms with E-state index in [0.717, 1.165) is 16.9 Å². The van der Waals surface area contributed by atoms with E-state index in [1.165, 1.54) is 22.4 Å². The third-order valence-electron chi connectivity index (χ3n) is 5.10. The lowest BCUT2D eigenvalue weighted by molar-refractivity contribution is 0.263. The molecule has 156 valence electrons. The molecule has 4 rings (SSSR count). The number of nitrogens with zero attached hydrogens (tertiary/aromatic N) is 5. The van der Waals surface area contributed by atoms with Crippen LogP contribution in [0, 0.1) is 5.82 Å². The van der Waals surface area contributed by atoms with Crippen LogP contribution in [0.1, 0.15) is 23.5 Å². The van der Waals surface area contributed by atoms with Crippen LogP contribution in [0.4, 0.5) is 10.1 Å². The maximum Gasteiger partial charge on any atom is 0.348 e. The van der Waals surface area contributed by atoms with E-state index in [4.69, 9.17) is 0 Å². The van der Waals surface area contributed by atoms with E-state index in [0.29, 0.717) is 13.1 Å². The Labute approximate surface area is 179 Å². The van der Waals surface area contributed by atoms with Gasteiger partial charge in [0.1, 0.15) is 12.1 Å². The molecule has 0 bridgehead atoms. The van der Waals surface area contributed by atoms with Crippen molar-refractivity contribution in [2.24, 2.45) is 0 Å². The fraction of sp³-hybridized carbons (Fsp3) is 0.273. The molecule has 1 aliphatic heterocycles. The normalized spacial score (nSPS) is 16.1. The molecular weight excluding hydrogens is 401 g/mol. The van der Waals surface area contributed by atoms with Gasteiger partial charge in [-0.2, -0.15) is 5.10 Å². The monoisotopic (exact) mass is 425 g/mol. The van der Waals surface area contributed by atoms with Crippen LogP contribution in [0.3, 0.4) is 0 Å². The maximum atomic E-state index is 13.1. The molecule has 1 aliphatic rings. The molecule has 8 heteroatoms. The smallest absolute Gasteiger partial charge is 0.348 e. The molecular formula is C22H24FN5OS. The van der Waals surface area contributed by atoms with Gasteiger partial charge in [-0.3, -0.25) is 4.57 Å². The third kappa shape index (κ3) is 4.14. The Morgan fingerprint density at radius 2 is 1.87 bits per heavy atom. The summed E-state index contributed by atoms with van der Waals surface area (Å²) in [5.74, 6) is -0.297. The Morgan fingerprint density at radius 3 is 2.60 bits per heavy atom. The van der Waals surface area contributed by atoms with Gasteiger partial charge in [-0.15, -0.1) is 0 Å². The van der Waals surface area contributed by atoms with Crippen LogP contribution in [0.5, 0.6) is 0 Å². The minimum atomic E-state index is -0.297. The number of anilines is 1. The number of aromatic nitrogens is 3. The largest absolute Gasteiger partial charge is 0.378 e. The topological polar surface area (TPSA) is 46.3 Å². The van der Waals surface area contributed by atoms with Crippen molar-refractivity contribution in [1.82, 2.24) is 19.2 Å². The van der Waals surface area contributed by atoms with Crippen molar-refractivity contribution in [2.75, 3.05) is 19.0 Å². The van der Waals surface area contributed by atoms with Crippen LogP contribution < -0.4 is 10.6 Å². The van der Waals surface area contributed by atoms with Crippen molar-refractivity contribution in [3.8, 4) is 0 Å². The minimum absolute atomic E-state index is 0.188. The highest BCUT2D eigenvalue weighted by molar-refractivity contribution is 8.02. The highest BCUT2D eigenvalue weighted by Crippen LogP contribution is 2.39. The summed E-state index contributed by atoms with van der Waals surface area (Å²) in [4.78, 5) is 17.3. The second-order valence-electron chi connectivity index (χ2n) is 7.52. The molecule has 0 saturated heterocycles. The van der Waals surface area contributed by atoms with Crippen molar-refractivity contribution in [1.29, 1.82) is 0 Å². The SMILES string of the molecule is CC1=CSC(n2cnn(Cc3ccc(F)cc3)c2=O)N1Cc1cccc(N(C)C)c1. The second-order valence-corrected chi connectivity index (χ2v) is 8.45. The highest BCUT2D eigenvalue weighted by Gasteiger charge is 2.28. The van der Waals surface area contributed by atoms with Crippen LogP contribution >= 0.6 is 11.8 Å². The molecule has 1 aromatic heterocycles. The zero-order valence-electron chi connectivity index (χ0n) is 17.2. The predicted molar refractivity (Wildman–Crippen MR) is 119 cm³/mol. The first-order chi connectivity index (χ1) is 14.4. The predicted octanol–water partition coefficient (Wildman–Crippen LogP) is 3.86. The van der Waals surface area contributed by atoms with Gasteiger partial charge in [0.15, 0.2) is 5.50 Å². The number of halogens is 1. The molecule has 1 atom stereocenters. The van der Waals surface area contributed by atoms with Crippen molar-refractivity contribution in [2.45, 2.75) is 25.5 Å². The maximum absolute atomic E-state index is 13.1. The lowest BCUT2D eigenvalue weighted by Gasteiger charge is -2.28. The Balaban J connectivity index is 1.56. The van der Waals surface area contributed by atoms with Crippen molar-refractivity contribution < 1.29 is 4.39 Å². The van der Waals surface area contributed by atoms with E-state index in [2.05, 4.69) is 51.5 Å². The van der Waals surface area contributed by atoms with Gasteiger partial charge in [0.25, 0.3) is 0 Å². The van der Waals surface area contributed by atoms with E-state index in [-0.39, 0.29) is 17.0 Å². The molecule has 0 saturated carbocycles. The minimum Gasteiger partial charge on any atom is -0.378 e. The van der Waals surface area contributed by atoms with Crippen LogP contribution in [0.25, 0.3) is 0 Å². The van der Waals surface area contributed by atoms with Crippen LogP contribution in [0.2, 0.25) is 0 Å². The average Bonchev–Trinajstić information content (AvgIpc) is 3.26. The summed E-state index contributed by atoms with van der Waals surface area (Å²) < 4.78 is 16.2. The van der Waals surface area contributed by atoms with Gasteiger partial charge < -0.3 is 9.80 Å². The van der Waals surface area contributed by atoms with E-state index in [1.807, 2.05) is 14.1 Å². The van der Waals surface area contributed by atoms with E-state index >= 15 is 0 Å². The number of benzene rings is 2. The van der Waals surface area contributed by atoms with Gasteiger partial charge >= 0.3 is 5.69 Å². The summed E-state index contributed by atoms with van der Waals surface area (Å²) in [5, 5.41) is 6.36. The molecule has 2 aromatic carbocycles.